The third-order valence-corrected chi connectivity index (χ3v) is 7.27. The minimum absolute atomic E-state index is 0.151. The van der Waals surface area contributed by atoms with Crippen molar-refractivity contribution in [3.63, 3.8) is 0 Å². The quantitative estimate of drug-likeness (QED) is 0.506. The van der Waals surface area contributed by atoms with Gasteiger partial charge in [-0.05, 0) is 73.8 Å². The third kappa shape index (κ3) is 4.53. The van der Waals surface area contributed by atoms with E-state index in [9.17, 15) is 23.2 Å². The van der Waals surface area contributed by atoms with E-state index in [1.54, 1.807) is 18.2 Å². The molecule has 1 fully saturated rings. The van der Waals surface area contributed by atoms with Crippen LogP contribution in [0.25, 0.3) is 0 Å². The number of hydrogen-bond acceptors (Lipinski definition) is 5. The molecule has 0 bridgehead atoms. The molecule has 1 N–H and O–H groups in total. The minimum Gasteiger partial charge on any atom is -0.337 e. The summed E-state index contributed by atoms with van der Waals surface area (Å²) < 4.78 is 29.7. The topological polar surface area (TPSA) is 83.3 Å². The zero-order valence-electron chi connectivity index (χ0n) is 20.1. The Balaban J connectivity index is 1.21. The molecule has 0 unspecified atom stereocenters. The van der Waals surface area contributed by atoms with Gasteiger partial charge in [-0.3, -0.25) is 9.78 Å². The zero-order chi connectivity index (χ0) is 25.4. The number of carbonyl (C=O) groups excluding carboxylic acids is 1. The second-order valence-electron chi connectivity index (χ2n) is 9.56. The van der Waals surface area contributed by atoms with E-state index in [1.165, 1.54) is 25.1 Å². The van der Waals surface area contributed by atoms with Crippen LogP contribution in [-0.2, 0) is 6.54 Å². The average Bonchev–Trinajstić information content (AvgIpc) is 3.31. The van der Waals surface area contributed by atoms with Crippen LogP contribution in [0.1, 0.15) is 48.9 Å². The number of hydrogen-bond donors (Lipinski definition) is 1. The molecule has 2 aliphatic rings. The highest BCUT2D eigenvalue weighted by Crippen LogP contribution is 2.48. The number of carbonyl (C=O) groups is 1. The van der Waals surface area contributed by atoms with Crippen molar-refractivity contribution in [2.24, 2.45) is 0 Å². The Kier molecular flexibility index (Phi) is 6.61. The molecule has 2 aromatic carbocycles. The summed E-state index contributed by atoms with van der Waals surface area (Å²) in [5.41, 5.74) is 1.60. The number of nitrogens with one attached hydrogen (secondary N) is 1. The van der Waals surface area contributed by atoms with Crippen LogP contribution in [0.5, 0.6) is 0 Å². The van der Waals surface area contributed by atoms with Gasteiger partial charge in [-0.25, -0.2) is 23.1 Å². The van der Waals surface area contributed by atoms with Gasteiger partial charge in [0.2, 0.25) is 5.91 Å². The maximum Gasteiger partial charge on any atom is 0.351 e. The van der Waals surface area contributed by atoms with Crippen molar-refractivity contribution in [1.82, 2.24) is 19.2 Å². The smallest absolute Gasteiger partial charge is 0.337 e. The maximum atomic E-state index is 14.2. The standard InChI is InChI=1S/C26H29F2N5O3/c1-17(34)33-26(36)29-25(35)31(33)13-4-2-3-12-30-14-11-24-22(16-30)21-15-19(28)7-10-23(21)32(24)20-8-5-18(27)6-9-20/h5-10,15,22,24H,2-4,11-14,16H2,1H3,(H,29,35,36)/t22-,24+/m0/s1. The molecule has 10 heteroatoms. The van der Waals surface area contributed by atoms with Crippen LogP contribution < -0.4 is 16.3 Å². The van der Waals surface area contributed by atoms with E-state index in [4.69, 9.17) is 0 Å². The van der Waals surface area contributed by atoms with E-state index in [2.05, 4.69) is 14.8 Å². The van der Waals surface area contributed by atoms with Gasteiger partial charge in [0.1, 0.15) is 11.6 Å². The van der Waals surface area contributed by atoms with Crippen molar-refractivity contribution in [2.75, 3.05) is 24.5 Å². The molecular formula is C26H29F2N5O3. The van der Waals surface area contributed by atoms with Crippen LogP contribution in [0.4, 0.5) is 20.2 Å². The number of nitrogens with zero attached hydrogens (tertiary/aromatic N) is 4. The van der Waals surface area contributed by atoms with Gasteiger partial charge in [0.15, 0.2) is 0 Å². The molecule has 0 aliphatic carbocycles. The first kappa shape index (κ1) is 24.2. The van der Waals surface area contributed by atoms with Crippen molar-refractivity contribution in [3.8, 4) is 0 Å². The van der Waals surface area contributed by atoms with Crippen LogP contribution in [0.3, 0.4) is 0 Å². The summed E-state index contributed by atoms with van der Waals surface area (Å²) in [6.45, 7) is 4.11. The molecule has 0 saturated carbocycles. The van der Waals surface area contributed by atoms with Crippen molar-refractivity contribution < 1.29 is 13.6 Å². The minimum atomic E-state index is -0.710. The summed E-state index contributed by atoms with van der Waals surface area (Å²) in [6.07, 6.45) is 3.30. The van der Waals surface area contributed by atoms with Crippen molar-refractivity contribution in [3.05, 3.63) is 80.6 Å². The molecule has 0 radical (unpaired) electrons. The van der Waals surface area contributed by atoms with Crippen LogP contribution >= 0.6 is 0 Å². The van der Waals surface area contributed by atoms with E-state index in [0.29, 0.717) is 13.0 Å². The number of aromatic amines is 1. The monoisotopic (exact) mass is 497 g/mol. The van der Waals surface area contributed by atoms with Gasteiger partial charge >= 0.3 is 11.4 Å². The summed E-state index contributed by atoms with van der Waals surface area (Å²) in [7, 11) is 0. The Morgan fingerprint density at radius 2 is 1.69 bits per heavy atom. The summed E-state index contributed by atoms with van der Waals surface area (Å²) in [5, 5.41) is 0. The van der Waals surface area contributed by atoms with Crippen LogP contribution in [0.15, 0.2) is 52.1 Å². The number of anilines is 2. The number of likely N-dealkylation sites (tertiary alicyclic amines) is 1. The summed E-state index contributed by atoms with van der Waals surface area (Å²) >= 11 is 0. The molecule has 5 rings (SSSR count). The maximum absolute atomic E-state index is 14.2. The number of rotatable bonds is 7. The van der Waals surface area contributed by atoms with Gasteiger partial charge in [0.25, 0.3) is 0 Å². The molecule has 36 heavy (non-hydrogen) atoms. The summed E-state index contributed by atoms with van der Waals surface area (Å²) in [5.74, 6) is -0.883. The van der Waals surface area contributed by atoms with E-state index in [1.807, 2.05) is 6.07 Å². The second-order valence-corrected chi connectivity index (χ2v) is 9.56. The normalized spacial score (nSPS) is 19.4. The molecule has 190 valence electrons. The van der Waals surface area contributed by atoms with Gasteiger partial charge in [-0.1, -0.05) is 6.42 Å². The SMILES string of the molecule is CC(=O)n1c(=O)[nH]c(=O)n1CCCCCN1CC[C@@H]2[C@@H](C1)c1cc(F)ccc1N2c1ccc(F)cc1. The van der Waals surface area contributed by atoms with Gasteiger partial charge in [-0.2, -0.15) is 4.68 Å². The van der Waals surface area contributed by atoms with E-state index in [-0.39, 0.29) is 23.6 Å². The first-order valence-corrected chi connectivity index (χ1v) is 12.3. The Hall–Kier alpha value is -3.53. The highest BCUT2D eigenvalue weighted by Gasteiger charge is 2.42. The number of fused-ring (bicyclic) bond motifs is 3. The Morgan fingerprint density at radius 3 is 2.44 bits per heavy atom. The molecule has 2 aliphatic heterocycles. The van der Waals surface area contributed by atoms with Crippen LogP contribution in [0.2, 0.25) is 0 Å². The molecule has 8 nitrogen and oxygen atoms in total. The molecule has 1 aromatic heterocycles. The number of piperidine rings is 1. The number of halogens is 2. The predicted octanol–water partition coefficient (Wildman–Crippen LogP) is 3.46. The number of benzene rings is 2. The molecule has 0 amide bonds. The largest absolute Gasteiger partial charge is 0.351 e. The fourth-order valence-electron chi connectivity index (χ4n) is 5.68. The van der Waals surface area contributed by atoms with Crippen molar-refractivity contribution in [2.45, 2.75) is 51.1 Å². The Bertz CT molecular complexity index is 1380. The lowest BCUT2D eigenvalue weighted by molar-refractivity contribution is 0.0895. The molecular weight excluding hydrogens is 468 g/mol. The van der Waals surface area contributed by atoms with Gasteiger partial charge in [-0.15, -0.1) is 0 Å². The van der Waals surface area contributed by atoms with Crippen LogP contribution in [0, 0.1) is 11.6 Å². The summed E-state index contributed by atoms with van der Waals surface area (Å²) in [4.78, 5) is 42.1. The molecule has 2 atom stereocenters. The first-order chi connectivity index (χ1) is 17.3. The lowest BCUT2D eigenvalue weighted by Gasteiger charge is -2.39. The Morgan fingerprint density at radius 1 is 0.972 bits per heavy atom. The van der Waals surface area contributed by atoms with Gasteiger partial charge in [0, 0.05) is 49.9 Å². The highest BCUT2D eigenvalue weighted by atomic mass is 19.1. The lowest BCUT2D eigenvalue weighted by Crippen LogP contribution is -2.45. The number of aromatic nitrogens is 3. The van der Waals surface area contributed by atoms with Crippen LogP contribution in [-0.4, -0.2) is 50.8 Å². The highest BCUT2D eigenvalue weighted by molar-refractivity contribution is 5.74. The summed E-state index contributed by atoms with van der Waals surface area (Å²) in [6, 6.07) is 11.6. The Labute approximate surface area is 206 Å². The lowest BCUT2D eigenvalue weighted by atomic mass is 9.89. The molecule has 1 saturated heterocycles. The molecule has 3 heterocycles. The van der Waals surface area contributed by atoms with E-state index in [0.717, 1.165) is 65.2 Å². The second kappa shape index (κ2) is 9.85. The van der Waals surface area contributed by atoms with Gasteiger partial charge < -0.3 is 9.80 Å². The van der Waals surface area contributed by atoms with Gasteiger partial charge in [0.05, 0.1) is 0 Å². The number of unbranched alkanes of at least 4 members (excludes halogenated alkanes) is 2. The third-order valence-electron chi connectivity index (χ3n) is 7.27. The fourth-order valence-corrected chi connectivity index (χ4v) is 5.68. The van der Waals surface area contributed by atoms with E-state index < -0.39 is 17.3 Å². The zero-order valence-corrected chi connectivity index (χ0v) is 20.1. The average molecular weight is 498 g/mol. The number of H-pyrrole nitrogens is 1. The van der Waals surface area contributed by atoms with Crippen molar-refractivity contribution >= 4 is 17.3 Å². The van der Waals surface area contributed by atoms with Crippen molar-refractivity contribution in [1.29, 1.82) is 0 Å². The molecule has 3 aromatic rings. The van der Waals surface area contributed by atoms with E-state index >= 15 is 0 Å². The fraction of sp³-hybridized carbons (Fsp3) is 0.423. The predicted molar refractivity (Wildman–Crippen MR) is 132 cm³/mol. The first-order valence-electron chi connectivity index (χ1n) is 12.3. The molecule has 0 spiro atoms.